The van der Waals surface area contributed by atoms with Crippen LogP contribution in [0.15, 0.2) is 39.1 Å². The average molecular weight is 321 g/mol. The standard InChI is InChI=1S/C14H12FN3OS2/c1-8-6-21-13(12(8)16)14-17-11(18-19-14)7-20-10-4-2-9(15)3-5-10/h2-6H,7,16H2,1H3. The van der Waals surface area contributed by atoms with Gasteiger partial charge in [0.25, 0.3) is 5.89 Å². The predicted octanol–water partition coefficient (Wildman–Crippen LogP) is 4.12. The first-order valence-corrected chi connectivity index (χ1v) is 8.05. The molecule has 0 bridgehead atoms. The van der Waals surface area contributed by atoms with Crippen molar-refractivity contribution in [3.05, 3.63) is 46.9 Å². The predicted molar refractivity (Wildman–Crippen MR) is 82.7 cm³/mol. The molecule has 2 heterocycles. The van der Waals surface area contributed by atoms with Gasteiger partial charge in [-0.2, -0.15) is 4.98 Å². The Morgan fingerprint density at radius 3 is 2.76 bits per heavy atom. The minimum Gasteiger partial charge on any atom is -0.397 e. The first-order chi connectivity index (χ1) is 10.1. The quantitative estimate of drug-likeness (QED) is 0.732. The molecule has 21 heavy (non-hydrogen) atoms. The zero-order valence-corrected chi connectivity index (χ0v) is 12.8. The van der Waals surface area contributed by atoms with E-state index in [0.717, 1.165) is 15.3 Å². The fraction of sp³-hybridized carbons (Fsp3) is 0.143. The van der Waals surface area contributed by atoms with Crippen LogP contribution in [0, 0.1) is 12.7 Å². The maximum Gasteiger partial charge on any atom is 0.270 e. The molecule has 3 aromatic rings. The summed E-state index contributed by atoms with van der Waals surface area (Å²) < 4.78 is 18.1. The zero-order chi connectivity index (χ0) is 14.8. The third-order valence-corrected chi connectivity index (χ3v) is 4.98. The largest absolute Gasteiger partial charge is 0.397 e. The summed E-state index contributed by atoms with van der Waals surface area (Å²) in [7, 11) is 0. The maximum atomic E-state index is 12.8. The summed E-state index contributed by atoms with van der Waals surface area (Å²) in [5.74, 6) is 1.34. The summed E-state index contributed by atoms with van der Waals surface area (Å²) >= 11 is 3.01. The molecule has 2 aromatic heterocycles. The number of halogens is 1. The number of rotatable bonds is 4. The summed E-state index contributed by atoms with van der Waals surface area (Å²) in [6.07, 6.45) is 0. The van der Waals surface area contributed by atoms with Crippen LogP contribution in [0.1, 0.15) is 11.4 Å². The highest BCUT2D eigenvalue weighted by Crippen LogP contribution is 2.34. The molecule has 0 amide bonds. The van der Waals surface area contributed by atoms with Crippen molar-refractivity contribution < 1.29 is 8.91 Å². The Morgan fingerprint density at radius 1 is 1.33 bits per heavy atom. The van der Waals surface area contributed by atoms with E-state index >= 15 is 0 Å². The molecule has 0 spiro atoms. The van der Waals surface area contributed by atoms with E-state index in [2.05, 4.69) is 10.1 Å². The Balaban J connectivity index is 1.70. The van der Waals surface area contributed by atoms with Crippen molar-refractivity contribution >= 4 is 28.8 Å². The second kappa shape index (κ2) is 5.87. The number of hydrogen-bond acceptors (Lipinski definition) is 6. The molecule has 108 valence electrons. The lowest BCUT2D eigenvalue weighted by molar-refractivity contribution is 0.426. The summed E-state index contributed by atoms with van der Waals surface area (Å²) in [5, 5.41) is 5.91. The monoisotopic (exact) mass is 321 g/mol. The lowest BCUT2D eigenvalue weighted by atomic mass is 10.3. The van der Waals surface area contributed by atoms with E-state index in [1.165, 1.54) is 35.2 Å². The van der Waals surface area contributed by atoms with E-state index in [0.29, 0.717) is 23.2 Å². The van der Waals surface area contributed by atoms with Crippen molar-refractivity contribution in [1.82, 2.24) is 10.1 Å². The van der Waals surface area contributed by atoms with E-state index in [1.807, 2.05) is 12.3 Å². The molecule has 1 aromatic carbocycles. The Kier molecular flexibility index (Phi) is 3.94. The number of anilines is 1. The summed E-state index contributed by atoms with van der Waals surface area (Å²) in [6, 6.07) is 6.31. The van der Waals surface area contributed by atoms with Crippen LogP contribution < -0.4 is 5.73 Å². The molecule has 4 nitrogen and oxygen atoms in total. The molecule has 0 aliphatic carbocycles. The van der Waals surface area contributed by atoms with Gasteiger partial charge in [-0.05, 0) is 42.1 Å². The smallest absolute Gasteiger partial charge is 0.270 e. The van der Waals surface area contributed by atoms with Gasteiger partial charge in [0.2, 0.25) is 0 Å². The number of aryl methyl sites for hydroxylation is 1. The zero-order valence-electron chi connectivity index (χ0n) is 11.2. The highest BCUT2D eigenvalue weighted by atomic mass is 32.2. The minimum atomic E-state index is -0.246. The lowest BCUT2D eigenvalue weighted by Gasteiger charge is -1.97. The third kappa shape index (κ3) is 3.08. The number of nitrogen functional groups attached to an aromatic ring is 1. The van der Waals surface area contributed by atoms with Gasteiger partial charge in [-0.15, -0.1) is 23.1 Å². The molecule has 7 heteroatoms. The summed E-state index contributed by atoms with van der Waals surface area (Å²) in [5.41, 5.74) is 7.66. The van der Waals surface area contributed by atoms with Crippen LogP contribution in [0.25, 0.3) is 10.8 Å². The number of thiophene rings is 1. The van der Waals surface area contributed by atoms with Gasteiger partial charge in [-0.3, -0.25) is 0 Å². The maximum absolute atomic E-state index is 12.8. The highest BCUT2D eigenvalue weighted by Gasteiger charge is 2.15. The summed E-state index contributed by atoms with van der Waals surface area (Å²) in [6.45, 7) is 1.94. The number of hydrogen-bond donors (Lipinski definition) is 1. The van der Waals surface area contributed by atoms with Crippen LogP contribution in [-0.4, -0.2) is 10.1 Å². The van der Waals surface area contributed by atoms with Crippen LogP contribution in [0.3, 0.4) is 0 Å². The van der Waals surface area contributed by atoms with E-state index in [1.54, 1.807) is 12.1 Å². The molecule has 2 N–H and O–H groups in total. The highest BCUT2D eigenvalue weighted by molar-refractivity contribution is 7.98. The van der Waals surface area contributed by atoms with Crippen LogP contribution in [0.5, 0.6) is 0 Å². The number of nitrogens with two attached hydrogens (primary N) is 1. The van der Waals surface area contributed by atoms with Gasteiger partial charge >= 0.3 is 0 Å². The third-order valence-electron chi connectivity index (χ3n) is 2.87. The van der Waals surface area contributed by atoms with Gasteiger partial charge in [0.05, 0.1) is 11.4 Å². The molecule has 0 aliphatic heterocycles. The second-order valence-corrected chi connectivity index (χ2v) is 6.35. The molecular weight excluding hydrogens is 309 g/mol. The Labute approximate surface area is 129 Å². The van der Waals surface area contributed by atoms with E-state index in [4.69, 9.17) is 10.3 Å². The molecular formula is C14H12FN3OS2. The van der Waals surface area contributed by atoms with Crippen molar-refractivity contribution in [2.45, 2.75) is 17.6 Å². The van der Waals surface area contributed by atoms with Gasteiger partial charge in [0.1, 0.15) is 10.7 Å². The Bertz CT molecular complexity index is 752. The van der Waals surface area contributed by atoms with E-state index < -0.39 is 0 Å². The molecule has 0 unspecified atom stereocenters. The van der Waals surface area contributed by atoms with Crippen molar-refractivity contribution in [3.8, 4) is 10.8 Å². The second-order valence-electron chi connectivity index (χ2n) is 4.42. The first kappa shape index (κ1) is 14.1. The topological polar surface area (TPSA) is 64.9 Å². The molecule has 0 fully saturated rings. The van der Waals surface area contributed by atoms with E-state index in [-0.39, 0.29) is 5.82 Å². The van der Waals surface area contributed by atoms with Crippen molar-refractivity contribution in [2.75, 3.05) is 5.73 Å². The van der Waals surface area contributed by atoms with Crippen LogP contribution >= 0.6 is 23.1 Å². The van der Waals surface area contributed by atoms with Gasteiger partial charge < -0.3 is 10.3 Å². The van der Waals surface area contributed by atoms with Gasteiger partial charge in [-0.1, -0.05) is 5.16 Å². The van der Waals surface area contributed by atoms with Gasteiger partial charge in [0, 0.05) is 4.90 Å². The van der Waals surface area contributed by atoms with Gasteiger partial charge in [0.15, 0.2) is 5.82 Å². The number of thioether (sulfide) groups is 1. The normalized spacial score (nSPS) is 11.0. The van der Waals surface area contributed by atoms with Crippen molar-refractivity contribution in [3.63, 3.8) is 0 Å². The van der Waals surface area contributed by atoms with Crippen molar-refractivity contribution in [2.24, 2.45) is 0 Å². The fourth-order valence-corrected chi connectivity index (χ4v) is 3.34. The lowest BCUT2D eigenvalue weighted by Crippen LogP contribution is -1.88. The van der Waals surface area contributed by atoms with Crippen LogP contribution in [-0.2, 0) is 5.75 Å². The van der Waals surface area contributed by atoms with Crippen LogP contribution in [0.2, 0.25) is 0 Å². The Morgan fingerprint density at radius 2 is 2.10 bits per heavy atom. The average Bonchev–Trinajstić information content (AvgIpc) is 3.07. The molecule has 3 rings (SSSR count). The molecule has 0 radical (unpaired) electrons. The number of nitrogens with zero attached hydrogens (tertiary/aromatic N) is 2. The fourth-order valence-electron chi connectivity index (χ4n) is 1.70. The Hall–Kier alpha value is -1.86. The number of aromatic nitrogens is 2. The first-order valence-electron chi connectivity index (χ1n) is 6.18. The van der Waals surface area contributed by atoms with Crippen molar-refractivity contribution in [1.29, 1.82) is 0 Å². The molecule has 0 saturated carbocycles. The minimum absolute atomic E-state index is 0.246. The van der Waals surface area contributed by atoms with Crippen LogP contribution in [0.4, 0.5) is 10.1 Å². The molecule has 0 saturated heterocycles. The summed E-state index contributed by atoms with van der Waals surface area (Å²) in [4.78, 5) is 6.10. The SMILES string of the molecule is Cc1csc(-c2nc(CSc3ccc(F)cc3)no2)c1N. The molecule has 0 aliphatic rings. The van der Waals surface area contributed by atoms with E-state index in [9.17, 15) is 4.39 Å². The number of benzene rings is 1. The molecule has 0 atom stereocenters. The van der Waals surface area contributed by atoms with Gasteiger partial charge in [-0.25, -0.2) is 4.39 Å².